The highest BCUT2D eigenvalue weighted by Gasteiger charge is 2.41. The van der Waals surface area contributed by atoms with Crippen molar-refractivity contribution in [3.05, 3.63) is 75.7 Å². The molecule has 4 rings (SSSR count). The minimum Gasteiger partial charge on any atom is -0.304 e. The quantitative estimate of drug-likeness (QED) is 0.529. The summed E-state index contributed by atoms with van der Waals surface area (Å²) in [6.45, 7) is 8.10. The van der Waals surface area contributed by atoms with Crippen molar-refractivity contribution in [3.63, 3.8) is 0 Å². The van der Waals surface area contributed by atoms with Crippen LogP contribution in [0.1, 0.15) is 68.2 Å². The standard InChI is InChI=1S/C25H28FN5O2/c1-24(2,3)21(15-6-7-16(17(26)12-15)25(4)8-9-25)29-14-19(32)18-13-20(33)31-23(30-18)22-27-10-5-11-28-22/h5-7,10-13,21,29H,8-9,14H2,1-4H3,(H,30,31,33). The Morgan fingerprint density at radius 3 is 2.52 bits per heavy atom. The van der Waals surface area contributed by atoms with Gasteiger partial charge in [-0.05, 0) is 46.9 Å². The van der Waals surface area contributed by atoms with Crippen LogP contribution in [-0.4, -0.2) is 32.3 Å². The molecule has 0 spiro atoms. The number of carbonyl (C=O) groups excluding carboxylic acids is 1. The molecular formula is C25H28FN5O2. The molecular weight excluding hydrogens is 421 g/mol. The van der Waals surface area contributed by atoms with Crippen molar-refractivity contribution in [1.29, 1.82) is 0 Å². The number of rotatable bonds is 7. The number of Topliss-reactive ketones (excluding diaryl/α,β-unsaturated/α-hetero) is 1. The summed E-state index contributed by atoms with van der Waals surface area (Å²) in [4.78, 5) is 39.9. The lowest BCUT2D eigenvalue weighted by Gasteiger charge is -2.32. The number of hydrogen-bond acceptors (Lipinski definition) is 6. The molecule has 1 aliphatic carbocycles. The van der Waals surface area contributed by atoms with Gasteiger partial charge in [0.15, 0.2) is 17.4 Å². The van der Waals surface area contributed by atoms with Gasteiger partial charge in [0.05, 0.1) is 6.54 Å². The SMILES string of the molecule is CC1(c2ccc(C(NCC(=O)c3cc(=O)[nH]c(-c4ncccn4)n3)C(C)(C)C)cc2F)CC1. The fourth-order valence-corrected chi connectivity index (χ4v) is 3.99. The smallest absolute Gasteiger partial charge is 0.251 e. The molecule has 1 unspecified atom stereocenters. The van der Waals surface area contributed by atoms with Crippen molar-refractivity contribution in [2.24, 2.45) is 5.41 Å². The van der Waals surface area contributed by atoms with E-state index in [1.165, 1.54) is 12.4 Å². The third-order valence-electron chi connectivity index (χ3n) is 6.11. The highest BCUT2D eigenvalue weighted by molar-refractivity contribution is 5.96. The van der Waals surface area contributed by atoms with E-state index in [2.05, 4.69) is 32.2 Å². The Morgan fingerprint density at radius 2 is 1.91 bits per heavy atom. The molecule has 1 fully saturated rings. The predicted octanol–water partition coefficient (Wildman–Crippen LogP) is 3.98. The molecule has 0 saturated heterocycles. The number of aromatic amines is 1. The molecule has 1 atom stereocenters. The minimum atomic E-state index is -0.464. The maximum atomic E-state index is 14.9. The highest BCUT2D eigenvalue weighted by atomic mass is 19.1. The number of hydrogen-bond donors (Lipinski definition) is 2. The zero-order valence-electron chi connectivity index (χ0n) is 19.3. The van der Waals surface area contributed by atoms with Gasteiger partial charge >= 0.3 is 0 Å². The molecule has 2 N–H and O–H groups in total. The summed E-state index contributed by atoms with van der Waals surface area (Å²) in [5.74, 6) is -0.205. The van der Waals surface area contributed by atoms with E-state index < -0.39 is 5.56 Å². The zero-order valence-corrected chi connectivity index (χ0v) is 19.3. The van der Waals surface area contributed by atoms with Gasteiger partial charge in [0.25, 0.3) is 5.56 Å². The number of carbonyl (C=O) groups is 1. The fourth-order valence-electron chi connectivity index (χ4n) is 3.99. The van der Waals surface area contributed by atoms with Crippen LogP contribution in [0.15, 0.2) is 47.5 Å². The maximum Gasteiger partial charge on any atom is 0.251 e. The minimum absolute atomic E-state index is 0.0181. The van der Waals surface area contributed by atoms with Crippen LogP contribution in [0.3, 0.4) is 0 Å². The van der Waals surface area contributed by atoms with Gasteiger partial charge in [0, 0.05) is 24.5 Å². The van der Waals surface area contributed by atoms with Gasteiger partial charge in [-0.2, -0.15) is 0 Å². The molecule has 2 aromatic heterocycles. The van der Waals surface area contributed by atoms with E-state index in [1.807, 2.05) is 32.9 Å². The van der Waals surface area contributed by atoms with Crippen LogP contribution in [0.4, 0.5) is 4.39 Å². The normalized spacial score (nSPS) is 15.8. The Labute approximate surface area is 191 Å². The molecule has 2 heterocycles. The zero-order chi connectivity index (χ0) is 23.8. The van der Waals surface area contributed by atoms with E-state index in [-0.39, 0.29) is 52.4 Å². The number of nitrogens with zero attached hydrogens (tertiary/aromatic N) is 3. The summed E-state index contributed by atoms with van der Waals surface area (Å²) < 4.78 is 14.9. The van der Waals surface area contributed by atoms with Crippen molar-refractivity contribution in [1.82, 2.24) is 25.3 Å². The summed E-state index contributed by atoms with van der Waals surface area (Å²) >= 11 is 0. The van der Waals surface area contributed by atoms with Gasteiger partial charge in [-0.15, -0.1) is 0 Å². The summed E-state index contributed by atoms with van der Waals surface area (Å²) in [6.07, 6.45) is 5.05. The van der Waals surface area contributed by atoms with E-state index in [1.54, 1.807) is 12.1 Å². The molecule has 0 aliphatic heterocycles. The van der Waals surface area contributed by atoms with Gasteiger partial charge in [-0.25, -0.2) is 19.3 Å². The first-order valence-electron chi connectivity index (χ1n) is 11.0. The third-order valence-corrected chi connectivity index (χ3v) is 6.11. The van der Waals surface area contributed by atoms with Crippen molar-refractivity contribution < 1.29 is 9.18 Å². The molecule has 1 saturated carbocycles. The molecule has 1 aliphatic rings. The fraction of sp³-hybridized carbons (Fsp3) is 0.400. The lowest BCUT2D eigenvalue weighted by Crippen LogP contribution is -2.36. The van der Waals surface area contributed by atoms with Crippen molar-refractivity contribution >= 4 is 5.78 Å². The first-order valence-corrected chi connectivity index (χ1v) is 11.0. The lowest BCUT2D eigenvalue weighted by molar-refractivity contribution is 0.0974. The second-order valence-electron chi connectivity index (χ2n) is 9.95. The number of nitrogens with one attached hydrogen (secondary N) is 2. The Hall–Kier alpha value is -3.26. The van der Waals surface area contributed by atoms with Gasteiger partial charge in [-0.3, -0.25) is 9.59 Å². The maximum absolute atomic E-state index is 14.9. The Kier molecular flexibility index (Phi) is 5.97. The van der Waals surface area contributed by atoms with E-state index in [9.17, 15) is 14.0 Å². The highest BCUT2D eigenvalue weighted by Crippen LogP contribution is 2.49. The van der Waals surface area contributed by atoms with E-state index in [4.69, 9.17) is 0 Å². The molecule has 7 nitrogen and oxygen atoms in total. The van der Waals surface area contributed by atoms with Gasteiger partial charge < -0.3 is 10.3 Å². The van der Waals surface area contributed by atoms with Crippen LogP contribution in [0.2, 0.25) is 0 Å². The van der Waals surface area contributed by atoms with E-state index >= 15 is 0 Å². The summed E-state index contributed by atoms with van der Waals surface area (Å²) in [5.41, 5.74) is 0.730. The third kappa shape index (κ3) is 5.06. The van der Waals surface area contributed by atoms with Crippen molar-refractivity contribution in [3.8, 4) is 11.6 Å². The molecule has 0 radical (unpaired) electrons. The molecule has 0 bridgehead atoms. The molecule has 8 heteroatoms. The molecule has 1 aromatic carbocycles. The lowest BCUT2D eigenvalue weighted by atomic mass is 9.81. The topological polar surface area (TPSA) is 101 Å². The molecule has 33 heavy (non-hydrogen) atoms. The second-order valence-corrected chi connectivity index (χ2v) is 9.95. The van der Waals surface area contributed by atoms with E-state index in [0.717, 1.165) is 30.0 Å². The average molecular weight is 450 g/mol. The van der Waals surface area contributed by atoms with Crippen LogP contribution in [0, 0.1) is 11.2 Å². The first-order chi connectivity index (χ1) is 15.6. The monoisotopic (exact) mass is 449 g/mol. The second kappa shape index (κ2) is 8.59. The Balaban J connectivity index is 1.55. The number of benzene rings is 1. The number of H-pyrrole nitrogens is 1. The van der Waals surface area contributed by atoms with Gasteiger partial charge in [0.2, 0.25) is 0 Å². The van der Waals surface area contributed by atoms with E-state index in [0.29, 0.717) is 0 Å². The van der Waals surface area contributed by atoms with Crippen molar-refractivity contribution in [2.75, 3.05) is 6.54 Å². The Bertz CT molecular complexity index is 1230. The molecule has 0 amide bonds. The van der Waals surface area contributed by atoms with Gasteiger partial charge in [0.1, 0.15) is 11.5 Å². The predicted molar refractivity (Wildman–Crippen MR) is 123 cm³/mol. The number of halogens is 1. The van der Waals surface area contributed by atoms with Gasteiger partial charge in [-0.1, -0.05) is 39.8 Å². The Morgan fingerprint density at radius 1 is 1.21 bits per heavy atom. The summed E-state index contributed by atoms with van der Waals surface area (Å²) in [5, 5.41) is 3.25. The largest absolute Gasteiger partial charge is 0.304 e. The molecule has 3 aromatic rings. The van der Waals surface area contributed by atoms with Crippen LogP contribution >= 0.6 is 0 Å². The first kappa shape index (κ1) is 22.9. The average Bonchev–Trinajstić information content (AvgIpc) is 3.51. The number of ketones is 1. The van der Waals surface area contributed by atoms with Crippen LogP contribution < -0.4 is 10.9 Å². The number of aromatic nitrogens is 4. The summed E-state index contributed by atoms with van der Waals surface area (Å²) in [6, 6.07) is 7.90. The van der Waals surface area contributed by atoms with Crippen LogP contribution in [-0.2, 0) is 5.41 Å². The van der Waals surface area contributed by atoms with Crippen LogP contribution in [0.5, 0.6) is 0 Å². The van der Waals surface area contributed by atoms with Crippen LogP contribution in [0.25, 0.3) is 11.6 Å². The summed E-state index contributed by atoms with van der Waals surface area (Å²) in [7, 11) is 0. The molecule has 172 valence electrons. The van der Waals surface area contributed by atoms with Crippen molar-refractivity contribution in [2.45, 2.75) is 52.0 Å².